The van der Waals surface area contributed by atoms with Crippen molar-refractivity contribution in [3.05, 3.63) is 20.2 Å². The second-order valence-corrected chi connectivity index (χ2v) is 2.48. The summed E-state index contributed by atoms with van der Waals surface area (Å²) in [6.07, 6.45) is -0.967. The summed E-state index contributed by atoms with van der Waals surface area (Å²) in [5.41, 5.74) is 0. The highest BCUT2D eigenvalue weighted by molar-refractivity contribution is 4.55. The van der Waals surface area contributed by atoms with E-state index in [2.05, 4.69) is 9.57 Å². The topological polar surface area (TPSA) is 108 Å². The van der Waals surface area contributed by atoms with Gasteiger partial charge in [0.1, 0.15) is 6.54 Å². The second kappa shape index (κ2) is 5.91. The van der Waals surface area contributed by atoms with Gasteiger partial charge in [-0.2, -0.15) is 0 Å². The average Bonchev–Trinajstić information content (AvgIpc) is 2.02. The number of nitrogens with zero attached hydrogens (tertiary/aromatic N) is 3. The summed E-state index contributed by atoms with van der Waals surface area (Å²) in [4.78, 5) is 24.3. The molecular weight excluding hydrogens is 198 g/mol. The molecule has 0 bridgehead atoms. The maximum atomic E-state index is 10.2. The van der Waals surface area contributed by atoms with E-state index >= 15 is 0 Å². The Bertz CT molecular complexity index is 210. The van der Waals surface area contributed by atoms with Gasteiger partial charge >= 0.3 is 0 Å². The molecule has 0 aromatic carbocycles. The number of hydrogen-bond donors (Lipinski definition) is 0. The van der Waals surface area contributed by atoms with Crippen molar-refractivity contribution in [2.24, 2.45) is 0 Å². The summed E-state index contributed by atoms with van der Waals surface area (Å²) in [5.74, 6) is 0. The van der Waals surface area contributed by atoms with Gasteiger partial charge in [-0.1, -0.05) is 0 Å². The van der Waals surface area contributed by atoms with Crippen LogP contribution in [0.15, 0.2) is 0 Å². The third-order valence-electron chi connectivity index (χ3n) is 1.33. The maximum Gasteiger partial charge on any atom is 0.294 e. The predicted octanol–water partition coefficient (Wildman–Crippen LogP) is -0.667. The Balaban J connectivity index is 4.07. The molecule has 9 heteroatoms. The van der Waals surface area contributed by atoms with Gasteiger partial charge in [-0.15, -0.1) is 15.1 Å². The third-order valence-corrected chi connectivity index (χ3v) is 1.33. The molecule has 14 heavy (non-hydrogen) atoms. The zero-order valence-electron chi connectivity index (χ0n) is 7.78. The molecule has 0 saturated heterocycles. The van der Waals surface area contributed by atoms with Crippen LogP contribution in [0.2, 0.25) is 0 Å². The molecule has 0 rings (SSSR count). The van der Waals surface area contributed by atoms with E-state index in [0.29, 0.717) is 5.01 Å². The maximum absolute atomic E-state index is 10.2. The summed E-state index contributed by atoms with van der Waals surface area (Å²) in [6.45, 7) is -0.305. The number of methoxy groups -OCH3 is 1. The fraction of sp³-hybridized carbons (Fsp3) is 1.00. The van der Waals surface area contributed by atoms with Crippen LogP contribution in [-0.4, -0.2) is 48.5 Å². The highest BCUT2D eigenvalue weighted by atomic mass is 17.0. The molecule has 0 aliphatic carbocycles. The molecule has 0 aliphatic rings. The first kappa shape index (κ1) is 12.4. The van der Waals surface area contributed by atoms with Crippen molar-refractivity contribution in [1.82, 2.24) is 5.01 Å². The lowest BCUT2D eigenvalue weighted by Crippen LogP contribution is -2.38. The van der Waals surface area contributed by atoms with Gasteiger partial charge in [-0.3, -0.25) is 0 Å². The van der Waals surface area contributed by atoms with Gasteiger partial charge in [-0.05, 0) is 0 Å². The molecule has 0 aromatic heterocycles. The predicted molar refractivity (Wildman–Crippen MR) is 43.4 cm³/mol. The van der Waals surface area contributed by atoms with Gasteiger partial charge in [0.25, 0.3) is 5.09 Å². The van der Waals surface area contributed by atoms with E-state index in [1.807, 2.05) is 0 Å². The van der Waals surface area contributed by atoms with Crippen LogP contribution < -0.4 is 0 Å². The van der Waals surface area contributed by atoms with Crippen molar-refractivity contribution in [3.8, 4) is 0 Å². The van der Waals surface area contributed by atoms with Crippen LogP contribution in [0, 0.1) is 20.2 Å². The molecule has 0 unspecified atom stereocenters. The van der Waals surface area contributed by atoms with E-state index in [-0.39, 0.29) is 13.2 Å². The van der Waals surface area contributed by atoms with Crippen molar-refractivity contribution in [3.63, 3.8) is 0 Å². The van der Waals surface area contributed by atoms with Gasteiger partial charge in [0.05, 0.1) is 13.7 Å². The monoisotopic (exact) mass is 209 g/mol. The SMILES string of the molecule is COC[C@@H](CN(C)[N+](=O)[O-])O[N+](=O)[O-]. The van der Waals surface area contributed by atoms with E-state index in [1.54, 1.807) is 0 Å². The number of hydrazine groups is 1. The largest absolute Gasteiger partial charge is 0.382 e. The molecule has 0 amide bonds. The first-order chi connectivity index (χ1) is 6.47. The Labute approximate surface area is 79.4 Å². The van der Waals surface area contributed by atoms with E-state index in [1.165, 1.54) is 14.2 Å². The molecule has 0 saturated carbocycles. The van der Waals surface area contributed by atoms with Crippen LogP contribution in [-0.2, 0) is 9.57 Å². The number of ether oxygens (including phenoxy) is 1. The lowest BCUT2D eigenvalue weighted by atomic mass is 10.4. The van der Waals surface area contributed by atoms with Gasteiger partial charge < -0.3 is 9.57 Å². The van der Waals surface area contributed by atoms with Crippen LogP contribution in [0.5, 0.6) is 0 Å². The lowest BCUT2D eigenvalue weighted by Gasteiger charge is -2.16. The summed E-state index contributed by atoms with van der Waals surface area (Å²) in [7, 11) is 2.51. The first-order valence-corrected chi connectivity index (χ1v) is 3.63. The molecule has 1 atom stereocenters. The minimum absolute atomic E-state index is 0.0842. The molecule has 82 valence electrons. The Kier molecular flexibility index (Phi) is 5.22. The molecule has 0 radical (unpaired) electrons. The minimum atomic E-state index is -1.00. The molecule has 0 spiro atoms. The summed E-state index contributed by atoms with van der Waals surface area (Å²) < 4.78 is 4.61. The average molecular weight is 209 g/mol. The number of likely N-dealkylation sites (N-methyl/N-ethyl adjacent to an activating group) is 1. The van der Waals surface area contributed by atoms with Crippen LogP contribution in [0.3, 0.4) is 0 Å². The zero-order valence-corrected chi connectivity index (χ0v) is 7.78. The molecular formula is C5H11N3O6. The zero-order chi connectivity index (χ0) is 11.1. The molecule has 0 aromatic rings. The number of rotatable bonds is 7. The van der Waals surface area contributed by atoms with Crippen LogP contribution in [0.1, 0.15) is 0 Å². The highest BCUT2D eigenvalue weighted by Crippen LogP contribution is 1.96. The van der Waals surface area contributed by atoms with E-state index in [0.717, 1.165) is 0 Å². The molecule has 0 heterocycles. The van der Waals surface area contributed by atoms with Crippen molar-refractivity contribution < 1.29 is 19.7 Å². The standard InChI is InChI=1S/C5H11N3O6/c1-6(7(9)10)3-5(4-13-2)14-8(11)12/h5H,3-4H2,1-2H3/t5-/m1/s1. The Morgan fingerprint density at radius 3 is 2.36 bits per heavy atom. The van der Waals surface area contributed by atoms with E-state index < -0.39 is 16.2 Å². The second-order valence-electron chi connectivity index (χ2n) is 2.48. The van der Waals surface area contributed by atoms with Crippen LogP contribution in [0.25, 0.3) is 0 Å². The highest BCUT2D eigenvalue weighted by Gasteiger charge is 2.20. The fourth-order valence-corrected chi connectivity index (χ4v) is 0.785. The van der Waals surface area contributed by atoms with E-state index in [9.17, 15) is 20.2 Å². The fourth-order valence-electron chi connectivity index (χ4n) is 0.785. The van der Waals surface area contributed by atoms with Gasteiger partial charge in [0.2, 0.25) is 0 Å². The molecule has 0 aliphatic heterocycles. The van der Waals surface area contributed by atoms with Gasteiger partial charge in [0.15, 0.2) is 11.1 Å². The van der Waals surface area contributed by atoms with Crippen LogP contribution in [0.4, 0.5) is 0 Å². The summed E-state index contributed by atoms with van der Waals surface area (Å²) in [5, 5.41) is 19.2. The van der Waals surface area contributed by atoms with Crippen molar-refractivity contribution in [2.75, 3.05) is 27.3 Å². The Morgan fingerprint density at radius 1 is 1.43 bits per heavy atom. The quantitative estimate of drug-likeness (QED) is 0.404. The Morgan fingerprint density at radius 2 is 2.00 bits per heavy atom. The normalized spacial score (nSPS) is 11.9. The first-order valence-electron chi connectivity index (χ1n) is 3.63. The third kappa shape index (κ3) is 5.09. The van der Waals surface area contributed by atoms with Gasteiger partial charge in [0, 0.05) is 7.11 Å². The van der Waals surface area contributed by atoms with Crippen LogP contribution >= 0.6 is 0 Å². The molecule has 9 nitrogen and oxygen atoms in total. The Hall–Kier alpha value is -1.64. The summed E-state index contributed by atoms with van der Waals surface area (Å²) >= 11 is 0. The minimum Gasteiger partial charge on any atom is -0.382 e. The number of nitro groups is 1. The van der Waals surface area contributed by atoms with Crippen molar-refractivity contribution >= 4 is 0 Å². The number of hydrogen-bond acceptors (Lipinski definition) is 6. The smallest absolute Gasteiger partial charge is 0.294 e. The van der Waals surface area contributed by atoms with Gasteiger partial charge in [-0.25, -0.2) is 10.1 Å². The molecule has 0 fully saturated rings. The molecule has 0 N–H and O–H groups in total. The van der Waals surface area contributed by atoms with Crippen molar-refractivity contribution in [1.29, 1.82) is 0 Å². The lowest BCUT2D eigenvalue weighted by molar-refractivity contribution is -0.772. The summed E-state index contributed by atoms with van der Waals surface area (Å²) in [6, 6.07) is 0. The van der Waals surface area contributed by atoms with E-state index in [4.69, 9.17) is 0 Å². The van der Waals surface area contributed by atoms with Crippen molar-refractivity contribution in [2.45, 2.75) is 6.10 Å².